The van der Waals surface area contributed by atoms with Gasteiger partial charge in [0, 0.05) is 13.2 Å². The second-order valence-corrected chi connectivity index (χ2v) is 5.09. The fraction of sp³-hybridized carbons (Fsp3) is 1.00. The Balaban J connectivity index is 3.44. The van der Waals surface area contributed by atoms with Crippen LogP contribution in [0, 0.1) is 0 Å². The van der Waals surface area contributed by atoms with Crippen molar-refractivity contribution in [2.24, 2.45) is 0 Å². The minimum Gasteiger partial charge on any atom is -0.393 e. The summed E-state index contributed by atoms with van der Waals surface area (Å²) in [6, 6.07) is 0. The lowest BCUT2D eigenvalue weighted by molar-refractivity contribution is 0.0253. The molecule has 0 saturated carbocycles. The topological polar surface area (TPSA) is 90.2 Å². The van der Waals surface area contributed by atoms with Crippen LogP contribution in [-0.2, 0) is 4.74 Å². The maximum absolute atomic E-state index is 9.59. The second kappa shape index (κ2) is 11.6. The number of aliphatic hydroxyl groups excluding tert-OH is 4. The van der Waals surface area contributed by atoms with Crippen LogP contribution < -0.4 is 0 Å². The van der Waals surface area contributed by atoms with E-state index < -0.39 is 24.4 Å². The summed E-state index contributed by atoms with van der Waals surface area (Å²) in [6.07, 6.45) is 1.04. The van der Waals surface area contributed by atoms with Gasteiger partial charge in [0.2, 0.25) is 0 Å². The Morgan fingerprint density at radius 2 is 1.05 bits per heavy atom. The van der Waals surface area contributed by atoms with Gasteiger partial charge in [-0.2, -0.15) is 0 Å². The number of ether oxygens (including phenoxy) is 1. The summed E-state index contributed by atoms with van der Waals surface area (Å²) in [4.78, 5) is 0. The molecule has 0 radical (unpaired) electrons. The summed E-state index contributed by atoms with van der Waals surface area (Å²) in [6.45, 7) is 4.58. The van der Waals surface area contributed by atoms with E-state index in [0.29, 0.717) is 51.7 Å². The van der Waals surface area contributed by atoms with Gasteiger partial charge in [0.15, 0.2) is 0 Å². The molecule has 0 aromatic rings. The van der Waals surface area contributed by atoms with Gasteiger partial charge < -0.3 is 25.2 Å². The molecule has 0 bridgehead atoms. The van der Waals surface area contributed by atoms with E-state index >= 15 is 0 Å². The van der Waals surface area contributed by atoms with Crippen LogP contribution in [0.3, 0.4) is 0 Å². The molecule has 4 atom stereocenters. The fourth-order valence-electron chi connectivity index (χ4n) is 1.74. The minimum atomic E-state index is -0.540. The summed E-state index contributed by atoms with van der Waals surface area (Å²) in [7, 11) is 0. The van der Waals surface area contributed by atoms with Crippen molar-refractivity contribution in [2.75, 3.05) is 13.2 Å². The van der Waals surface area contributed by atoms with Crippen molar-refractivity contribution >= 4 is 0 Å². The molecule has 0 aliphatic rings. The van der Waals surface area contributed by atoms with Crippen LogP contribution in [0.25, 0.3) is 0 Å². The number of hydrogen-bond donors (Lipinski definition) is 4. The van der Waals surface area contributed by atoms with Gasteiger partial charge in [-0.1, -0.05) is 13.8 Å². The Labute approximate surface area is 116 Å². The van der Waals surface area contributed by atoms with Crippen LogP contribution >= 0.6 is 0 Å². The largest absolute Gasteiger partial charge is 0.393 e. The van der Waals surface area contributed by atoms with E-state index in [0.717, 1.165) is 0 Å². The van der Waals surface area contributed by atoms with Gasteiger partial charge in [-0.3, -0.25) is 0 Å². The molecule has 0 heterocycles. The molecule has 0 aromatic carbocycles. The molecule has 5 nitrogen and oxygen atoms in total. The van der Waals surface area contributed by atoms with E-state index in [1.165, 1.54) is 0 Å². The van der Waals surface area contributed by atoms with E-state index in [9.17, 15) is 20.4 Å². The third-order valence-electron chi connectivity index (χ3n) is 3.22. The zero-order chi connectivity index (χ0) is 14.7. The van der Waals surface area contributed by atoms with Crippen molar-refractivity contribution < 1.29 is 25.2 Å². The lowest BCUT2D eigenvalue weighted by Crippen LogP contribution is -2.20. The molecule has 0 rings (SSSR count). The van der Waals surface area contributed by atoms with Gasteiger partial charge in [0.1, 0.15) is 0 Å². The SMILES string of the molecule is CCC(O)CC(O)CCOCCC(O)CC(O)CC. The normalized spacial score (nSPS) is 18.0. The van der Waals surface area contributed by atoms with Crippen molar-refractivity contribution in [2.45, 2.75) is 76.8 Å². The Morgan fingerprint density at radius 3 is 1.37 bits per heavy atom. The molecule has 5 heteroatoms. The monoisotopic (exact) mass is 278 g/mol. The molecule has 0 aliphatic carbocycles. The van der Waals surface area contributed by atoms with Crippen molar-refractivity contribution in [3.63, 3.8) is 0 Å². The van der Waals surface area contributed by atoms with E-state index in [4.69, 9.17) is 4.74 Å². The van der Waals surface area contributed by atoms with Gasteiger partial charge >= 0.3 is 0 Å². The Hall–Kier alpha value is -0.200. The van der Waals surface area contributed by atoms with Crippen LogP contribution in [-0.4, -0.2) is 58.1 Å². The first kappa shape index (κ1) is 18.8. The second-order valence-electron chi connectivity index (χ2n) is 5.09. The Morgan fingerprint density at radius 1 is 0.684 bits per heavy atom. The van der Waals surface area contributed by atoms with Crippen molar-refractivity contribution in [1.82, 2.24) is 0 Å². The number of hydrogen-bond acceptors (Lipinski definition) is 5. The molecule has 0 fully saturated rings. The van der Waals surface area contributed by atoms with E-state index in [-0.39, 0.29) is 0 Å². The highest BCUT2D eigenvalue weighted by Gasteiger charge is 2.11. The molecule has 19 heavy (non-hydrogen) atoms. The van der Waals surface area contributed by atoms with Crippen molar-refractivity contribution in [3.8, 4) is 0 Å². The van der Waals surface area contributed by atoms with Gasteiger partial charge in [-0.15, -0.1) is 0 Å². The summed E-state index contributed by atoms with van der Waals surface area (Å²) in [5.41, 5.74) is 0. The average Bonchev–Trinajstić information content (AvgIpc) is 2.37. The van der Waals surface area contributed by atoms with Gasteiger partial charge in [0.05, 0.1) is 24.4 Å². The molecule has 0 spiro atoms. The third-order valence-corrected chi connectivity index (χ3v) is 3.22. The van der Waals surface area contributed by atoms with Crippen LogP contribution in [0.5, 0.6) is 0 Å². The quantitative estimate of drug-likeness (QED) is 0.397. The van der Waals surface area contributed by atoms with Gasteiger partial charge in [-0.05, 0) is 38.5 Å². The van der Waals surface area contributed by atoms with Crippen LogP contribution in [0.15, 0.2) is 0 Å². The molecular formula is C14H30O5. The predicted molar refractivity (Wildman–Crippen MR) is 73.9 cm³/mol. The Kier molecular flexibility index (Phi) is 11.5. The van der Waals surface area contributed by atoms with Crippen molar-refractivity contribution in [3.05, 3.63) is 0 Å². The average molecular weight is 278 g/mol. The third kappa shape index (κ3) is 11.3. The smallest absolute Gasteiger partial charge is 0.0586 e. The van der Waals surface area contributed by atoms with Gasteiger partial charge in [-0.25, -0.2) is 0 Å². The molecule has 4 unspecified atom stereocenters. The number of rotatable bonds is 12. The van der Waals surface area contributed by atoms with E-state index in [2.05, 4.69) is 0 Å². The van der Waals surface area contributed by atoms with E-state index in [1.54, 1.807) is 0 Å². The van der Waals surface area contributed by atoms with Crippen molar-refractivity contribution in [1.29, 1.82) is 0 Å². The Bertz CT molecular complexity index is 180. The van der Waals surface area contributed by atoms with Crippen LogP contribution in [0.1, 0.15) is 52.4 Å². The highest BCUT2D eigenvalue weighted by atomic mass is 16.5. The molecule has 116 valence electrons. The first-order valence-electron chi connectivity index (χ1n) is 7.29. The van der Waals surface area contributed by atoms with Crippen LogP contribution in [0.2, 0.25) is 0 Å². The van der Waals surface area contributed by atoms with Gasteiger partial charge in [0.25, 0.3) is 0 Å². The highest BCUT2D eigenvalue weighted by molar-refractivity contribution is 4.63. The zero-order valence-electron chi connectivity index (χ0n) is 12.2. The first-order chi connectivity index (χ1) is 8.99. The first-order valence-corrected chi connectivity index (χ1v) is 7.29. The summed E-state index contributed by atoms with van der Waals surface area (Å²) in [5.74, 6) is 0. The predicted octanol–water partition coefficient (Wildman–Crippen LogP) is 0.827. The summed E-state index contributed by atoms with van der Waals surface area (Å²) in [5, 5.41) is 37.9. The lowest BCUT2D eigenvalue weighted by atomic mass is 10.1. The molecule has 4 N–H and O–H groups in total. The highest BCUT2D eigenvalue weighted by Crippen LogP contribution is 2.07. The fourth-order valence-corrected chi connectivity index (χ4v) is 1.74. The lowest BCUT2D eigenvalue weighted by Gasteiger charge is -2.16. The molecular weight excluding hydrogens is 248 g/mol. The maximum Gasteiger partial charge on any atom is 0.0586 e. The summed E-state index contributed by atoms with van der Waals surface area (Å²) >= 11 is 0. The minimum absolute atomic E-state index is 0.380. The van der Waals surface area contributed by atoms with Crippen LogP contribution in [0.4, 0.5) is 0 Å². The summed E-state index contributed by atoms with van der Waals surface area (Å²) < 4.78 is 5.32. The molecule has 0 aromatic heterocycles. The maximum atomic E-state index is 9.59. The number of aliphatic hydroxyl groups is 4. The standard InChI is InChI=1S/C14H30O5/c1-3-11(15)9-13(17)5-7-19-8-6-14(18)10-12(16)4-2/h11-18H,3-10H2,1-2H3. The van der Waals surface area contributed by atoms with E-state index in [1.807, 2.05) is 13.8 Å². The molecule has 0 aliphatic heterocycles. The molecule has 0 amide bonds. The zero-order valence-corrected chi connectivity index (χ0v) is 12.2. The molecule has 0 saturated heterocycles.